The lowest BCUT2D eigenvalue weighted by Crippen LogP contribution is -2.11. The summed E-state index contributed by atoms with van der Waals surface area (Å²) in [5.74, 6) is -0.877. The number of hydrogen-bond acceptors (Lipinski definition) is 4. The summed E-state index contributed by atoms with van der Waals surface area (Å²) >= 11 is 9.21. The van der Waals surface area contributed by atoms with Crippen molar-refractivity contribution >= 4 is 33.5 Å². The highest BCUT2D eigenvalue weighted by Gasteiger charge is 2.20. The molecule has 0 atom stereocenters. The molecular formula is C13H12BrClFN3O2. The van der Waals surface area contributed by atoms with Gasteiger partial charge < -0.3 is 4.74 Å². The van der Waals surface area contributed by atoms with Gasteiger partial charge >= 0.3 is 5.97 Å². The van der Waals surface area contributed by atoms with E-state index < -0.39 is 5.97 Å². The minimum absolute atomic E-state index is 0.0497. The quantitative estimate of drug-likeness (QED) is 0.594. The van der Waals surface area contributed by atoms with Gasteiger partial charge in [-0.2, -0.15) is 0 Å². The second-order valence-electron chi connectivity index (χ2n) is 4.13. The van der Waals surface area contributed by atoms with E-state index in [0.717, 1.165) is 4.47 Å². The summed E-state index contributed by atoms with van der Waals surface area (Å²) in [6.45, 7) is 2.18. The average Bonchev–Trinajstić information content (AvgIpc) is 2.86. The Hall–Kier alpha value is -1.47. The summed E-state index contributed by atoms with van der Waals surface area (Å²) in [4.78, 5) is 11.7. The van der Waals surface area contributed by atoms with Gasteiger partial charge in [0.1, 0.15) is 5.82 Å². The molecule has 0 saturated heterocycles. The minimum atomic E-state index is -0.572. The van der Waals surface area contributed by atoms with Crippen molar-refractivity contribution in [1.29, 1.82) is 0 Å². The third kappa shape index (κ3) is 3.59. The van der Waals surface area contributed by atoms with E-state index in [9.17, 15) is 9.18 Å². The van der Waals surface area contributed by atoms with Crippen molar-refractivity contribution in [3.8, 4) is 0 Å². The molecule has 0 aliphatic carbocycles. The first-order chi connectivity index (χ1) is 10.1. The van der Waals surface area contributed by atoms with Gasteiger partial charge in [0.05, 0.1) is 24.7 Å². The first kappa shape index (κ1) is 15.9. The third-order valence-electron chi connectivity index (χ3n) is 2.76. The van der Waals surface area contributed by atoms with Gasteiger partial charge in [0.2, 0.25) is 0 Å². The molecule has 21 heavy (non-hydrogen) atoms. The van der Waals surface area contributed by atoms with E-state index in [4.69, 9.17) is 16.3 Å². The van der Waals surface area contributed by atoms with Crippen LogP contribution in [0.5, 0.6) is 0 Å². The van der Waals surface area contributed by atoms with Crippen LogP contribution in [0.3, 0.4) is 0 Å². The Morgan fingerprint density at radius 2 is 2.29 bits per heavy atom. The van der Waals surface area contributed by atoms with Crippen LogP contribution in [0.2, 0.25) is 0 Å². The molecule has 2 rings (SSSR count). The van der Waals surface area contributed by atoms with Crippen LogP contribution >= 0.6 is 27.5 Å². The van der Waals surface area contributed by atoms with Gasteiger partial charge in [0.25, 0.3) is 0 Å². The number of rotatable bonds is 5. The lowest BCUT2D eigenvalue weighted by molar-refractivity contribution is 0.0518. The second-order valence-corrected chi connectivity index (χ2v) is 5.25. The minimum Gasteiger partial charge on any atom is -0.461 e. The number of carbonyl (C=O) groups excluding carboxylic acids is 1. The molecule has 5 nitrogen and oxygen atoms in total. The van der Waals surface area contributed by atoms with Gasteiger partial charge in [0.15, 0.2) is 5.69 Å². The van der Waals surface area contributed by atoms with Gasteiger partial charge in [-0.3, -0.25) is 0 Å². The van der Waals surface area contributed by atoms with Crippen molar-refractivity contribution in [1.82, 2.24) is 15.0 Å². The average molecular weight is 377 g/mol. The zero-order chi connectivity index (χ0) is 15.4. The predicted molar refractivity (Wildman–Crippen MR) is 78.7 cm³/mol. The molecule has 0 spiro atoms. The molecule has 1 heterocycles. The maximum absolute atomic E-state index is 13.3. The van der Waals surface area contributed by atoms with E-state index in [-0.39, 0.29) is 30.5 Å². The maximum atomic E-state index is 13.3. The molecule has 0 radical (unpaired) electrons. The molecule has 1 aromatic heterocycles. The Morgan fingerprint density at radius 3 is 2.95 bits per heavy atom. The SMILES string of the molecule is CCOC(=O)c1nnn(Cc2cc(F)ccc2Br)c1CCl. The molecular weight excluding hydrogens is 365 g/mol. The van der Waals surface area contributed by atoms with Crippen LogP contribution in [0.25, 0.3) is 0 Å². The van der Waals surface area contributed by atoms with Gasteiger partial charge in [0, 0.05) is 4.47 Å². The van der Waals surface area contributed by atoms with E-state index in [1.165, 1.54) is 16.8 Å². The molecule has 0 aliphatic rings. The van der Waals surface area contributed by atoms with E-state index in [1.807, 2.05) is 0 Å². The van der Waals surface area contributed by atoms with E-state index in [2.05, 4.69) is 26.2 Å². The first-order valence-corrected chi connectivity index (χ1v) is 7.49. The van der Waals surface area contributed by atoms with Crippen molar-refractivity contribution in [2.45, 2.75) is 19.3 Å². The third-order valence-corrected chi connectivity index (χ3v) is 3.79. The zero-order valence-electron chi connectivity index (χ0n) is 11.1. The summed E-state index contributed by atoms with van der Waals surface area (Å²) in [6, 6.07) is 4.34. The van der Waals surface area contributed by atoms with Crippen molar-refractivity contribution in [2.75, 3.05) is 6.61 Å². The highest BCUT2D eigenvalue weighted by atomic mass is 79.9. The molecule has 0 fully saturated rings. The molecule has 0 aliphatic heterocycles. The fourth-order valence-electron chi connectivity index (χ4n) is 1.78. The van der Waals surface area contributed by atoms with Crippen LogP contribution in [-0.2, 0) is 17.2 Å². The van der Waals surface area contributed by atoms with Gasteiger partial charge in [-0.25, -0.2) is 13.9 Å². The summed E-state index contributed by atoms with van der Waals surface area (Å²) < 4.78 is 20.4. The molecule has 0 saturated carbocycles. The largest absolute Gasteiger partial charge is 0.461 e. The topological polar surface area (TPSA) is 57.0 Å². The van der Waals surface area contributed by atoms with Crippen molar-refractivity contribution < 1.29 is 13.9 Å². The predicted octanol–water partition coefficient (Wildman–Crippen LogP) is 3.14. The second kappa shape index (κ2) is 7.00. The van der Waals surface area contributed by atoms with E-state index in [0.29, 0.717) is 11.3 Å². The van der Waals surface area contributed by atoms with Crippen LogP contribution in [0.1, 0.15) is 28.7 Å². The van der Waals surface area contributed by atoms with Crippen LogP contribution < -0.4 is 0 Å². The number of ether oxygens (including phenoxy) is 1. The number of hydrogen-bond donors (Lipinski definition) is 0. The number of benzene rings is 1. The Bertz CT molecular complexity index is 663. The molecule has 1 aromatic carbocycles. The van der Waals surface area contributed by atoms with Crippen molar-refractivity contribution in [2.24, 2.45) is 0 Å². The molecule has 2 aromatic rings. The molecule has 0 bridgehead atoms. The molecule has 0 amide bonds. The zero-order valence-corrected chi connectivity index (χ0v) is 13.5. The highest BCUT2D eigenvalue weighted by molar-refractivity contribution is 9.10. The summed E-state index contributed by atoms with van der Waals surface area (Å²) in [5.41, 5.74) is 1.19. The summed E-state index contributed by atoms with van der Waals surface area (Å²) in [6.07, 6.45) is 0. The Morgan fingerprint density at radius 1 is 1.52 bits per heavy atom. The molecule has 112 valence electrons. The highest BCUT2D eigenvalue weighted by Crippen LogP contribution is 2.20. The van der Waals surface area contributed by atoms with E-state index >= 15 is 0 Å². The number of carbonyl (C=O) groups is 1. The van der Waals surface area contributed by atoms with Crippen molar-refractivity contribution in [3.63, 3.8) is 0 Å². The Labute approximate surface area is 134 Å². The van der Waals surface area contributed by atoms with Gasteiger partial charge in [-0.15, -0.1) is 16.7 Å². The maximum Gasteiger partial charge on any atom is 0.360 e. The van der Waals surface area contributed by atoms with Crippen LogP contribution in [-0.4, -0.2) is 27.6 Å². The lowest BCUT2D eigenvalue weighted by atomic mass is 10.2. The number of alkyl halides is 1. The number of esters is 1. The normalized spacial score (nSPS) is 10.7. The fraction of sp³-hybridized carbons (Fsp3) is 0.308. The molecule has 0 N–H and O–H groups in total. The molecule has 0 unspecified atom stereocenters. The van der Waals surface area contributed by atoms with Gasteiger partial charge in [-0.1, -0.05) is 21.1 Å². The van der Waals surface area contributed by atoms with Crippen molar-refractivity contribution in [3.05, 3.63) is 45.4 Å². The number of halogens is 3. The van der Waals surface area contributed by atoms with Crippen LogP contribution in [0.4, 0.5) is 4.39 Å². The monoisotopic (exact) mass is 375 g/mol. The summed E-state index contributed by atoms with van der Waals surface area (Å²) in [7, 11) is 0. The van der Waals surface area contributed by atoms with Crippen LogP contribution in [0, 0.1) is 5.82 Å². The fourth-order valence-corrected chi connectivity index (χ4v) is 2.41. The smallest absolute Gasteiger partial charge is 0.360 e. The summed E-state index contributed by atoms with van der Waals surface area (Å²) in [5, 5.41) is 7.69. The number of nitrogens with zero attached hydrogens (tertiary/aromatic N) is 3. The lowest BCUT2D eigenvalue weighted by Gasteiger charge is -2.07. The standard InChI is InChI=1S/C13H12BrClFN3O2/c1-2-21-13(20)12-11(6-15)19(18-17-12)7-8-5-9(16)3-4-10(8)14/h3-5H,2,6-7H2,1H3. The van der Waals surface area contributed by atoms with Crippen LogP contribution in [0.15, 0.2) is 22.7 Å². The first-order valence-electron chi connectivity index (χ1n) is 6.16. The Kier molecular flexibility index (Phi) is 5.30. The number of aromatic nitrogens is 3. The Balaban J connectivity index is 2.32. The molecule has 8 heteroatoms. The van der Waals surface area contributed by atoms with Gasteiger partial charge in [-0.05, 0) is 30.7 Å². The van der Waals surface area contributed by atoms with E-state index in [1.54, 1.807) is 13.0 Å².